The molecule has 2 fully saturated rings. The molecule has 0 atom stereocenters. The fraction of sp³-hybridized carbons (Fsp3) is 0.632. The largest absolute Gasteiger partial charge is 0.342 e. The number of likely N-dealkylation sites (tertiary alicyclic amines) is 1. The maximum absolute atomic E-state index is 12.2. The van der Waals surface area contributed by atoms with Gasteiger partial charge in [-0.3, -0.25) is 8.98 Å². The summed E-state index contributed by atoms with van der Waals surface area (Å²) in [5, 5.41) is 0. The molecule has 1 aliphatic heterocycles. The maximum atomic E-state index is 12.2. The van der Waals surface area contributed by atoms with Gasteiger partial charge in [-0.05, 0) is 57.1 Å². The van der Waals surface area contributed by atoms with Gasteiger partial charge in [0.2, 0.25) is 5.91 Å². The molecule has 0 radical (unpaired) electrons. The zero-order valence-electron chi connectivity index (χ0n) is 14.8. The lowest BCUT2D eigenvalue weighted by atomic mass is 9.83. The van der Waals surface area contributed by atoms with E-state index < -0.39 is 10.1 Å². The van der Waals surface area contributed by atoms with Crippen molar-refractivity contribution in [1.29, 1.82) is 0 Å². The Morgan fingerprint density at radius 1 is 1.12 bits per heavy atom. The van der Waals surface area contributed by atoms with E-state index in [1.807, 2.05) is 11.8 Å². The van der Waals surface area contributed by atoms with Crippen molar-refractivity contribution < 1.29 is 17.4 Å². The SMILES string of the molecule is Cc1ccc(S(=O)(=O)OCCC2CCN(C(=O)C3CCC3)CC2)cc1. The Kier molecular flexibility index (Phi) is 5.79. The van der Waals surface area contributed by atoms with Gasteiger partial charge in [-0.1, -0.05) is 24.1 Å². The molecule has 1 saturated carbocycles. The predicted molar refractivity (Wildman–Crippen MR) is 95.6 cm³/mol. The van der Waals surface area contributed by atoms with Gasteiger partial charge in [0, 0.05) is 19.0 Å². The third-order valence-electron chi connectivity index (χ3n) is 5.45. The van der Waals surface area contributed by atoms with E-state index in [9.17, 15) is 13.2 Å². The number of carbonyl (C=O) groups is 1. The van der Waals surface area contributed by atoms with Crippen molar-refractivity contribution in [1.82, 2.24) is 4.90 Å². The summed E-state index contributed by atoms with van der Waals surface area (Å²) in [5.74, 6) is 1.01. The van der Waals surface area contributed by atoms with E-state index in [2.05, 4.69) is 0 Å². The van der Waals surface area contributed by atoms with Crippen molar-refractivity contribution in [3.63, 3.8) is 0 Å². The first-order valence-electron chi connectivity index (χ1n) is 9.20. The Bertz CT molecular complexity index is 687. The van der Waals surface area contributed by atoms with Crippen LogP contribution < -0.4 is 0 Å². The number of hydrogen-bond acceptors (Lipinski definition) is 4. The first kappa shape index (κ1) is 18.4. The van der Waals surface area contributed by atoms with Crippen LogP contribution in [0.25, 0.3) is 0 Å². The van der Waals surface area contributed by atoms with Crippen molar-refractivity contribution in [2.24, 2.45) is 11.8 Å². The van der Waals surface area contributed by atoms with Crippen LogP contribution in [0, 0.1) is 18.8 Å². The molecule has 1 heterocycles. The average molecular weight is 365 g/mol. The Morgan fingerprint density at radius 2 is 1.76 bits per heavy atom. The highest BCUT2D eigenvalue weighted by Gasteiger charge is 2.31. The Morgan fingerprint density at radius 3 is 2.32 bits per heavy atom. The molecular weight excluding hydrogens is 338 g/mol. The lowest BCUT2D eigenvalue weighted by molar-refractivity contribution is -0.139. The maximum Gasteiger partial charge on any atom is 0.296 e. The van der Waals surface area contributed by atoms with E-state index in [4.69, 9.17) is 4.18 Å². The number of aryl methyl sites for hydroxylation is 1. The summed E-state index contributed by atoms with van der Waals surface area (Å²) in [5.41, 5.74) is 1.02. The van der Waals surface area contributed by atoms with Gasteiger partial charge in [-0.15, -0.1) is 0 Å². The minimum atomic E-state index is -3.67. The number of piperidine rings is 1. The molecule has 0 aromatic heterocycles. The smallest absolute Gasteiger partial charge is 0.296 e. The molecule has 0 bridgehead atoms. The van der Waals surface area contributed by atoms with Crippen LogP contribution in [-0.4, -0.2) is 38.9 Å². The number of rotatable bonds is 6. The van der Waals surface area contributed by atoms with Crippen LogP contribution in [0.1, 0.15) is 44.1 Å². The van der Waals surface area contributed by atoms with Gasteiger partial charge < -0.3 is 4.90 Å². The molecule has 1 amide bonds. The van der Waals surface area contributed by atoms with E-state index in [0.29, 0.717) is 11.8 Å². The molecule has 0 unspecified atom stereocenters. The monoisotopic (exact) mass is 365 g/mol. The summed E-state index contributed by atoms with van der Waals surface area (Å²) < 4.78 is 29.5. The topological polar surface area (TPSA) is 63.7 Å². The van der Waals surface area contributed by atoms with E-state index in [-0.39, 0.29) is 17.4 Å². The second-order valence-corrected chi connectivity index (χ2v) is 8.89. The predicted octanol–water partition coefficient (Wildman–Crippen LogP) is 3.13. The lowest BCUT2D eigenvalue weighted by Gasteiger charge is -2.36. The zero-order valence-corrected chi connectivity index (χ0v) is 15.6. The third-order valence-corrected chi connectivity index (χ3v) is 6.78. The Balaban J connectivity index is 1.41. The number of hydrogen-bond donors (Lipinski definition) is 0. The summed E-state index contributed by atoms with van der Waals surface area (Å²) >= 11 is 0. The van der Waals surface area contributed by atoms with Crippen LogP contribution in [0.4, 0.5) is 0 Å². The second kappa shape index (κ2) is 7.87. The minimum absolute atomic E-state index is 0.206. The van der Waals surface area contributed by atoms with E-state index in [0.717, 1.165) is 50.8 Å². The molecule has 5 nitrogen and oxygen atoms in total. The molecule has 2 aliphatic rings. The zero-order chi connectivity index (χ0) is 17.9. The molecule has 6 heteroatoms. The highest BCUT2D eigenvalue weighted by Crippen LogP contribution is 2.30. The normalized spacial score (nSPS) is 19.6. The van der Waals surface area contributed by atoms with Gasteiger partial charge in [0.05, 0.1) is 11.5 Å². The number of carbonyl (C=O) groups excluding carboxylic acids is 1. The van der Waals surface area contributed by atoms with Crippen molar-refractivity contribution in [2.45, 2.75) is 50.3 Å². The van der Waals surface area contributed by atoms with Gasteiger partial charge in [-0.25, -0.2) is 0 Å². The molecule has 25 heavy (non-hydrogen) atoms. The van der Waals surface area contributed by atoms with Crippen molar-refractivity contribution in [3.05, 3.63) is 29.8 Å². The number of nitrogens with zero attached hydrogens (tertiary/aromatic N) is 1. The Hall–Kier alpha value is -1.40. The first-order valence-corrected chi connectivity index (χ1v) is 10.6. The fourth-order valence-electron chi connectivity index (χ4n) is 3.45. The van der Waals surface area contributed by atoms with Crippen molar-refractivity contribution in [3.8, 4) is 0 Å². The van der Waals surface area contributed by atoms with Crippen molar-refractivity contribution in [2.75, 3.05) is 19.7 Å². The molecule has 0 N–H and O–H groups in total. The van der Waals surface area contributed by atoms with Gasteiger partial charge >= 0.3 is 0 Å². The summed E-state index contributed by atoms with van der Waals surface area (Å²) in [4.78, 5) is 14.4. The summed E-state index contributed by atoms with van der Waals surface area (Å²) in [6, 6.07) is 6.70. The van der Waals surface area contributed by atoms with Crippen LogP contribution in [0.5, 0.6) is 0 Å². The van der Waals surface area contributed by atoms with Crippen LogP contribution >= 0.6 is 0 Å². The second-order valence-electron chi connectivity index (χ2n) is 7.27. The summed E-state index contributed by atoms with van der Waals surface area (Å²) in [7, 11) is -3.67. The average Bonchev–Trinajstić information content (AvgIpc) is 2.54. The van der Waals surface area contributed by atoms with E-state index in [1.54, 1.807) is 24.3 Å². The van der Waals surface area contributed by atoms with Gasteiger partial charge in [0.15, 0.2) is 0 Å². The van der Waals surface area contributed by atoms with Gasteiger partial charge in [-0.2, -0.15) is 8.42 Å². The standard InChI is InChI=1S/C19H27NO4S/c1-15-5-7-18(8-6-15)25(22,23)24-14-11-16-9-12-20(13-10-16)19(21)17-3-2-4-17/h5-8,16-17H,2-4,9-14H2,1H3. The molecule has 1 aromatic rings. The highest BCUT2D eigenvalue weighted by molar-refractivity contribution is 7.86. The van der Waals surface area contributed by atoms with Crippen molar-refractivity contribution >= 4 is 16.0 Å². The summed E-state index contributed by atoms with van der Waals surface area (Å²) in [6.45, 7) is 3.71. The van der Waals surface area contributed by atoms with Crippen LogP contribution in [-0.2, 0) is 19.1 Å². The van der Waals surface area contributed by atoms with Gasteiger partial charge in [0.1, 0.15) is 0 Å². The number of amides is 1. The highest BCUT2D eigenvalue weighted by atomic mass is 32.2. The number of benzene rings is 1. The molecule has 0 spiro atoms. The lowest BCUT2D eigenvalue weighted by Crippen LogP contribution is -2.43. The quantitative estimate of drug-likeness (QED) is 0.727. The molecular formula is C19H27NO4S. The van der Waals surface area contributed by atoms with E-state index >= 15 is 0 Å². The minimum Gasteiger partial charge on any atom is -0.342 e. The summed E-state index contributed by atoms with van der Waals surface area (Å²) in [6.07, 6.45) is 5.86. The molecule has 138 valence electrons. The van der Waals surface area contributed by atoms with E-state index in [1.165, 1.54) is 6.42 Å². The third kappa shape index (κ3) is 4.61. The fourth-order valence-corrected chi connectivity index (χ4v) is 4.37. The van der Waals surface area contributed by atoms with Gasteiger partial charge in [0.25, 0.3) is 10.1 Å². The van der Waals surface area contributed by atoms with Crippen LogP contribution in [0.3, 0.4) is 0 Å². The Labute approximate surface area is 150 Å². The molecule has 3 rings (SSSR count). The molecule has 1 aromatic carbocycles. The van der Waals surface area contributed by atoms with Crippen LogP contribution in [0.15, 0.2) is 29.2 Å². The first-order chi connectivity index (χ1) is 12.0. The molecule has 1 saturated heterocycles. The molecule has 1 aliphatic carbocycles. The van der Waals surface area contributed by atoms with Crippen LogP contribution in [0.2, 0.25) is 0 Å².